The van der Waals surface area contributed by atoms with Gasteiger partial charge in [0.05, 0.1) is 11.4 Å². The van der Waals surface area contributed by atoms with Crippen molar-refractivity contribution in [3.05, 3.63) is 23.8 Å². The summed E-state index contributed by atoms with van der Waals surface area (Å²) in [7, 11) is -3.75. The van der Waals surface area contributed by atoms with Gasteiger partial charge >= 0.3 is 0 Å². The molecule has 0 unspecified atom stereocenters. The lowest BCUT2D eigenvalue weighted by atomic mass is 10.1. The number of hydrogen-bond donors (Lipinski definition) is 3. The second kappa shape index (κ2) is 6.44. The van der Waals surface area contributed by atoms with Crippen molar-refractivity contribution in [2.45, 2.75) is 44.6 Å². The van der Waals surface area contributed by atoms with Crippen LogP contribution in [0, 0.1) is 0 Å². The van der Waals surface area contributed by atoms with Gasteiger partial charge in [0.2, 0.25) is 15.9 Å². The third kappa shape index (κ3) is 5.35. The molecule has 1 rings (SSSR count). The molecule has 0 aliphatic rings. The van der Waals surface area contributed by atoms with Crippen LogP contribution in [0.2, 0.25) is 0 Å². The van der Waals surface area contributed by atoms with E-state index >= 15 is 0 Å². The molecular formula is C14H23N3O3S. The van der Waals surface area contributed by atoms with Gasteiger partial charge in [-0.1, -0.05) is 13.0 Å². The molecular weight excluding hydrogens is 290 g/mol. The van der Waals surface area contributed by atoms with Gasteiger partial charge in [-0.3, -0.25) is 4.79 Å². The average Bonchev–Trinajstić information content (AvgIpc) is 2.34. The maximum absolute atomic E-state index is 12.1. The van der Waals surface area contributed by atoms with Gasteiger partial charge in [-0.25, -0.2) is 13.1 Å². The first-order valence-corrected chi connectivity index (χ1v) is 8.22. The van der Waals surface area contributed by atoms with Gasteiger partial charge in [-0.05, 0) is 44.9 Å². The van der Waals surface area contributed by atoms with Crippen molar-refractivity contribution in [1.82, 2.24) is 10.0 Å². The number of aryl methyl sites for hydroxylation is 1. The Morgan fingerprint density at radius 3 is 2.38 bits per heavy atom. The molecule has 1 amide bonds. The molecule has 0 fully saturated rings. The van der Waals surface area contributed by atoms with Gasteiger partial charge in [-0.15, -0.1) is 0 Å². The molecule has 0 bridgehead atoms. The Kier molecular flexibility index (Phi) is 5.36. The van der Waals surface area contributed by atoms with Crippen molar-refractivity contribution in [2.24, 2.45) is 0 Å². The lowest BCUT2D eigenvalue weighted by Gasteiger charge is -2.20. The monoisotopic (exact) mass is 313 g/mol. The summed E-state index contributed by atoms with van der Waals surface area (Å²) in [5.74, 6) is -0.385. The van der Waals surface area contributed by atoms with E-state index in [1.165, 1.54) is 12.1 Å². The summed E-state index contributed by atoms with van der Waals surface area (Å²) in [6.45, 7) is 7.10. The predicted octanol–water partition coefficient (Wildman–Crippen LogP) is 1.02. The van der Waals surface area contributed by atoms with Gasteiger partial charge in [0.25, 0.3) is 0 Å². The van der Waals surface area contributed by atoms with Crippen molar-refractivity contribution >= 4 is 21.6 Å². The number of rotatable bonds is 5. The molecule has 0 saturated heterocycles. The first-order chi connectivity index (χ1) is 9.55. The quantitative estimate of drug-likeness (QED) is 0.706. The number of nitrogen functional groups attached to an aromatic ring is 1. The molecule has 1 aromatic carbocycles. The number of nitrogens with one attached hydrogen (secondary N) is 2. The SMILES string of the molecule is CCc1ccc(S(=O)(=O)NCC(=O)NC(C)(C)C)cc1N. The number of nitrogens with two attached hydrogens (primary N) is 1. The summed E-state index contributed by atoms with van der Waals surface area (Å²) in [6.07, 6.45) is 0.730. The lowest BCUT2D eigenvalue weighted by molar-refractivity contribution is -0.121. The fourth-order valence-corrected chi connectivity index (χ4v) is 2.79. The first kappa shape index (κ1) is 17.5. The zero-order chi connectivity index (χ0) is 16.3. The van der Waals surface area contributed by atoms with Crippen LogP contribution in [0.1, 0.15) is 33.3 Å². The normalized spacial score (nSPS) is 12.2. The summed E-state index contributed by atoms with van der Waals surface area (Å²) < 4.78 is 26.5. The molecule has 0 saturated carbocycles. The predicted molar refractivity (Wildman–Crippen MR) is 83.3 cm³/mol. The minimum absolute atomic E-state index is 0.0563. The van der Waals surface area contributed by atoms with Gasteiger partial charge in [0.15, 0.2) is 0 Å². The molecule has 1 aromatic rings. The Balaban J connectivity index is 2.78. The smallest absolute Gasteiger partial charge is 0.241 e. The van der Waals surface area contributed by atoms with Crippen molar-refractivity contribution in [1.29, 1.82) is 0 Å². The second-order valence-electron chi connectivity index (χ2n) is 5.84. The molecule has 0 spiro atoms. The van der Waals surface area contributed by atoms with Crippen LogP contribution in [0.25, 0.3) is 0 Å². The summed E-state index contributed by atoms with van der Waals surface area (Å²) in [4.78, 5) is 11.7. The molecule has 0 aromatic heterocycles. The standard InChI is InChI=1S/C14H23N3O3S/c1-5-10-6-7-11(8-12(10)15)21(19,20)16-9-13(18)17-14(2,3)4/h6-8,16H,5,9,15H2,1-4H3,(H,17,18). The van der Waals surface area contributed by atoms with E-state index in [4.69, 9.17) is 5.73 Å². The van der Waals surface area contributed by atoms with Crippen LogP contribution < -0.4 is 15.8 Å². The first-order valence-electron chi connectivity index (χ1n) is 6.74. The third-order valence-electron chi connectivity index (χ3n) is 2.75. The molecule has 0 aliphatic carbocycles. The van der Waals surface area contributed by atoms with Crippen LogP contribution >= 0.6 is 0 Å². The van der Waals surface area contributed by atoms with E-state index in [1.807, 2.05) is 27.7 Å². The van der Waals surface area contributed by atoms with Crippen LogP contribution in [0.5, 0.6) is 0 Å². The molecule has 7 heteroatoms. The van der Waals surface area contributed by atoms with Gasteiger partial charge in [0, 0.05) is 11.2 Å². The van der Waals surface area contributed by atoms with E-state index in [1.54, 1.807) is 6.07 Å². The number of hydrogen-bond acceptors (Lipinski definition) is 4. The molecule has 0 aliphatic heterocycles. The Hall–Kier alpha value is -1.60. The molecule has 4 N–H and O–H groups in total. The summed E-state index contributed by atoms with van der Waals surface area (Å²) >= 11 is 0. The van der Waals surface area contributed by atoms with Crippen molar-refractivity contribution in [3.63, 3.8) is 0 Å². The highest BCUT2D eigenvalue weighted by Gasteiger charge is 2.19. The highest BCUT2D eigenvalue weighted by atomic mass is 32.2. The number of amides is 1. The van der Waals surface area contributed by atoms with E-state index in [-0.39, 0.29) is 17.3 Å². The minimum Gasteiger partial charge on any atom is -0.398 e. The highest BCUT2D eigenvalue weighted by Crippen LogP contribution is 2.18. The maximum Gasteiger partial charge on any atom is 0.241 e. The molecule has 118 valence electrons. The Morgan fingerprint density at radius 1 is 1.29 bits per heavy atom. The summed E-state index contributed by atoms with van der Waals surface area (Å²) in [5, 5.41) is 2.68. The molecule has 0 radical (unpaired) electrons. The van der Waals surface area contributed by atoms with Crippen LogP contribution in [0.4, 0.5) is 5.69 Å². The summed E-state index contributed by atoms with van der Waals surface area (Å²) in [5.41, 5.74) is 6.71. The topological polar surface area (TPSA) is 101 Å². The van der Waals surface area contributed by atoms with Gasteiger partial charge in [-0.2, -0.15) is 0 Å². The highest BCUT2D eigenvalue weighted by molar-refractivity contribution is 7.89. The fourth-order valence-electron chi connectivity index (χ4n) is 1.77. The number of carbonyl (C=O) groups is 1. The van der Waals surface area contributed by atoms with Crippen LogP contribution in [-0.2, 0) is 21.2 Å². The largest absolute Gasteiger partial charge is 0.398 e. The van der Waals surface area contributed by atoms with E-state index < -0.39 is 15.6 Å². The number of benzene rings is 1. The molecule has 21 heavy (non-hydrogen) atoms. The van der Waals surface area contributed by atoms with E-state index in [0.717, 1.165) is 12.0 Å². The number of anilines is 1. The molecule has 0 atom stereocenters. The zero-order valence-electron chi connectivity index (χ0n) is 12.9. The second-order valence-corrected chi connectivity index (χ2v) is 7.60. The van der Waals surface area contributed by atoms with Crippen LogP contribution in [0.3, 0.4) is 0 Å². The average molecular weight is 313 g/mol. The van der Waals surface area contributed by atoms with Gasteiger partial charge in [0.1, 0.15) is 0 Å². The molecule has 0 heterocycles. The van der Waals surface area contributed by atoms with Crippen LogP contribution in [-0.4, -0.2) is 26.4 Å². The number of carbonyl (C=O) groups excluding carboxylic acids is 1. The Morgan fingerprint density at radius 2 is 1.90 bits per heavy atom. The van der Waals surface area contributed by atoms with Crippen molar-refractivity contribution in [3.8, 4) is 0 Å². The Bertz CT molecular complexity index is 619. The molecule has 6 nitrogen and oxygen atoms in total. The third-order valence-corrected chi connectivity index (χ3v) is 4.14. The Labute approximate surface area is 126 Å². The lowest BCUT2D eigenvalue weighted by Crippen LogP contribution is -2.45. The zero-order valence-corrected chi connectivity index (χ0v) is 13.7. The fraction of sp³-hybridized carbons (Fsp3) is 0.500. The minimum atomic E-state index is -3.75. The van der Waals surface area contributed by atoms with E-state index in [9.17, 15) is 13.2 Å². The number of sulfonamides is 1. The van der Waals surface area contributed by atoms with Gasteiger partial charge < -0.3 is 11.1 Å². The van der Waals surface area contributed by atoms with Crippen molar-refractivity contribution in [2.75, 3.05) is 12.3 Å². The van der Waals surface area contributed by atoms with E-state index in [0.29, 0.717) is 5.69 Å². The van der Waals surface area contributed by atoms with E-state index in [2.05, 4.69) is 10.0 Å². The van der Waals surface area contributed by atoms with Crippen LogP contribution in [0.15, 0.2) is 23.1 Å². The van der Waals surface area contributed by atoms with Crippen molar-refractivity contribution < 1.29 is 13.2 Å². The summed E-state index contributed by atoms with van der Waals surface area (Å²) in [6, 6.07) is 4.57. The maximum atomic E-state index is 12.1.